The highest BCUT2D eigenvalue weighted by Gasteiger charge is 2.76. The summed E-state index contributed by atoms with van der Waals surface area (Å²) in [6.45, 7) is 9.78. The maximum absolute atomic E-state index is 11.3. The summed E-state index contributed by atoms with van der Waals surface area (Å²) in [7, 11) is 0. The number of aliphatic hydroxyl groups is 2. The molecule has 20 heavy (non-hydrogen) atoms. The largest absolute Gasteiger partial charge is 0.390 e. The SMILES string of the molecule is C=CC(N)C(O)C12CC(CC(C)C1(O)CC#N)C2(C)C. The summed E-state index contributed by atoms with van der Waals surface area (Å²) < 4.78 is 0. The third-order valence-corrected chi connectivity index (χ3v) is 6.45. The van der Waals surface area contributed by atoms with Crippen LogP contribution in [-0.4, -0.2) is 28.0 Å². The van der Waals surface area contributed by atoms with Crippen molar-refractivity contribution in [2.75, 3.05) is 0 Å². The van der Waals surface area contributed by atoms with Gasteiger partial charge in [0.15, 0.2) is 0 Å². The van der Waals surface area contributed by atoms with E-state index in [1.165, 1.54) is 6.08 Å². The van der Waals surface area contributed by atoms with Gasteiger partial charge in [-0.25, -0.2) is 0 Å². The molecule has 4 N–H and O–H groups in total. The number of hydrogen-bond donors (Lipinski definition) is 3. The normalized spacial score (nSPS) is 44.9. The smallest absolute Gasteiger partial charge is 0.0889 e. The summed E-state index contributed by atoms with van der Waals surface area (Å²) >= 11 is 0. The number of nitriles is 1. The van der Waals surface area contributed by atoms with Gasteiger partial charge < -0.3 is 15.9 Å². The molecule has 3 fully saturated rings. The topological polar surface area (TPSA) is 90.3 Å². The van der Waals surface area contributed by atoms with E-state index < -0.39 is 23.2 Å². The van der Waals surface area contributed by atoms with Crippen LogP contribution < -0.4 is 5.73 Å². The molecule has 3 saturated carbocycles. The van der Waals surface area contributed by atoms with Crippen molar-refractivity contribution >= 4 is 0 Å². The van der Waals surface area contributed by atoms with Crippen LogP contribution in [0, 0.1) is 34.0 Å². The van der Waals surface area contributed by atoms with Crippen LogP contribution in [-0.2, 0) is 0 Å². The summed E-state index contributed by atoms with van der Waals surface area (Å²) in [5.74, 6) is 0.448. The maximum Gasteiger partial charge on any atom is 0.0889 e. The molecule has 3 aliphatic rings. The summed E-state index contributed by atoms with van der Waals surface area (Å²) in [4.78, 5) is 0. The second-order valence-corrected chi connectivity index (χ2v) is 7.25. The fourth-order valence-corrected chi connectivity index (χ4v) is 4.98. The van der Waals surface area contributed by atoms with Crippen LogP contribution in [0.1, 0.15) is 40.0 Å². The minimum atomic E-state index is -1.19. The Kier molecular flexibility index (Phi) is 3.53. The number of hydrogen-bond acceptors (Lipinski definition) is 4. The molecule has 6 atom stereocenters. The van der Waals surface area contributed by atoms with Crippen molar-refractivity contribution in [2.24, 2.45) is 28.4 Å². The van der Waals surface area contributed by atoms with Gasteiger partial charge in [0.25, 0.3) is 0 Å². The number of nitrogens with zero attached hydrogens (tertiary/aromatic N) is 1. The van der Waals surface area contributed by atoms with Gasteiger partial charge in [-0.3, -0.25) is 0 Å². The Morgan fingerprint density at radius 2 is 2.15 bits per heavy atom. The minimum Gasteiger partial charge on any atom is -0.390 e. The average Bonchev–Trinajstić information content (AvgIpc) is 2.39. The van der Waals surface area contributed by atoms with E-state index in [2.05, 4.69) is 26.5 Å². The molecule has 0 aromatic heterocycles. The van der Waals surface area contributed by atoms with E-state index in [0.29, 0.717) is 5.92 Å². The zero-order valence-electron chi connectivity index (χ0n) is 12.6. The van der Waals surface area contributed by atoms with Crippen LogP contribution in [0.5, 0.6) is 0 Å². The van der Waals surface area contributed by atoms with Gasteiger partial charge in [-0.1, -0.05) is 26.8 Å². The summed E-state index contributed by atoms with van der Waals surface area (Å²) in [6, 6.07) is 1.52. The first kappa shape index (κ1) is 15.5. The van der Waals surface area contributed by atoms with E-state index in [1.54, 1.807) is 0 Å². The lowest BCUT2D eigenvalue weighted by atomic mass is 9.31. The molecule has 0 spiro atoms. The van der Waals surface area contributed by atoms with E-state index in [-0.39, 0.29) is 17.8 Å². The third kappa shape index (κ3) is 1.52. The molecule has 112 valence electrons. The fourth-order valence-electron chi connectivity index (χ4n) is 4.98. The Labute approximate surface area is 121 Å². The van der Waals surface area contributed by atoms with E-state index in [0.717, 1.165) is 12.8 Å². The van der Waals surface area contributed by atoms with Crippen molar-refractivity contribution in [2.45, 2.75) is 57.8 Å². The molecule has 3 rings (SSSR count). The summed E-state index contributed by atoms with van der Waals surface area (Å²) in [5, 5.41) is 31.2. The quantitative estimate of drug-likeness (QED) is 0.681. The molecule has 4 heteroatoms. The van der Waals surface area contributed by atoms with E-state index in [9.17, 15) is 10.2 Å². The predicted octanol–water partition coefficient (Wildman–Crippen LogP) is 1.58. The Morgan fingerprint density at radius 1 is 1.55 bits per heavy atom. The van der Waals surface area contributed by atoms with Gasteiger partial charge in [-0.2, -0.15) is 5.26 Å². The average molecular weight is 278 g/mol. The van der Waals surface area contributed by atoms with Crippen molar-refractivity contribution < 1.29 is 10.2 Å². The zero-order valence-corrected chi connectivity index (χ0v) is 12.6. The van der Waals surface area contributed by atoms with Gasteiger partial charge >= 0.3 is 0 Å². The number of nitrogens with two attached hydrogens (primary N) is 1. The van der Waals surface area contributed by atoms with Gasteiger partial charge in [0.2, 0.25) is 0 Å². The molecule has 4 nitrogen and oxygen atoms in total. The Morgan fingerprint density at radius 3 is 2.60 bits per heavy atom. The highest BCUT2D eigenvalue weighted by Crippen LogP contribution is 2.74. The van der Waals surface area contributed by atoms with Crippen molar-refractivity contribution in [3.05, 3.63) is 12.7 Å². The summed E-state index contributed by atoms with van der Waals surface area (Å²) in [6.07, 6.45) is 2.29. The predicted molar refractivity (Wildman–Crippen MR) is 77.5 cm³/mol. The molecular weight excluding hydrogens is 252 g/mol. The van der Waals surface area contributed by atoms with E-state index in [1.807, 2.05) is 6.92 Å². The molecule has 0 saturated heterocycles. The van der Waals surface area contributed by atoms with Crippen LogP contribution in [0.15, 0.2) is 12.7 Å². The Bertz CT molecular complexity index is 456. The molecule has 0 aromatic rings. The lowest BCUT2D eigenvalue weighted by Crippen LogP contribution is -2.78. The van der Waals surface area contributed by atoms with Gasteiger partial charge in [-0.05, 0) is 30.1 Å². The van der Waals surface area contributed by atoms with Crippen molar-refractivity contribution in [1.82, 2.24) is 0 Å². The summed E-state index contributed by atoms with van der Waals surface area (Å²) in [5.41, 5.74) is 3.82. The van der Waals surface area contributed by atoms with Crippen LogP contribution in [0.25, 0.3) is 0 Å². The van der Waals surface area contributed by atoms with Gasteiger partial charge in [-0.15, -0.1) is 6.58 Å². The third-order valence-electron chi connectivity index (χ3n) is 6.45. The Hall–Kier alpha value is -0.890. The van der Waals surface area contributed by atoms with Crippen LogP contribution in [0.3, 0.4) is 0 Å². The molecule has 3 aliphatic carbocycles. The number of aliphatic hydroxyl groups excluding tert-OH is 1. The van der Waals surface area contributed by atoms with Crippen molar-refractivity contribution in [1.29, 1.82) is 5.26 Å². The Balaban J connectivity index is 2.54. The van der Waals surface area contributed by atoms with Crippen molar-refractivity contribution in [3.8, 4) is 6.07 Å². The highest BCUT2D eigenvalue weighted by atomic mass is 16.3. The first-order valence-corrected chi connectivity index (χ1v) is 7.34. The van der Waals surface area contributed by atoms with Gasteiger partial charge in [0.05, 0.1) is 24.2 Å². The molecular formula is C16H26N2O2. The molecule has 0 heterocycles. The second-order valence-electron chi connectivity index (χ2n) is 7.25. The zero-order chi connectivity index (χ0) is 15.3. The first-order chi connectivity index (χ1) is 9.19. The standard InChI is InChI=1S/C16H26N2O2/c1-5-12(18)13(19)15-9-11(14(15,3)4)8-10(2)16(15,20)6-7-17/h5,10-13,19-20H,1,6,8-9,18H2,2-4H3. The van der Waals surface area contributed by atoms with E-state index >= 15 is 0 Å². The fraction of sp³-hybridized carbons (Fsp3) is 0.812. The second kappa shape index (κ2) is 4.56. The molecule has 6 unspecified atom stereocenters. The molecule has 0 aliphatic heterocycles. The molecule has 2 bridgehead atoms. The minimum absolute atomic E-state index is 0.0133. The van der Waals surface area contributed by atoms with Gasteiger partial charge in [0, 0.05) is 11.5 Å². The van der Waals surface area contributed by atoms with Crippen LogP contribution in [0.2, 0.25) is 0 Å². The lowest BCUT2D eigenvalue weighted by Gasteiger charge is -2.75. The lowest BCUT2D eigenvalue weighted by molar-refractivity contribution is -0.333. The van der Waals surface area contributed by atoms with Crippen molar-refractivity contribution in [3.63, 3.8) is 0 Å². The first-order valence-electron chi connectivity index (χ1n) is 7.34. The molecule has 0 aromatic carbocycles. The monoisotopic (exact) mass is 278 g/mol. The number of rotatable bonds is 4. The van der Waals surface area contributed by atoms with Crippen LogP contribution >= 0.6 is 0 Å². The van der Waals surface area contributed by atoms with Gasteiger partial charge in [0.1, 0.15) is 0 Å². The number of fused-ring (bicyclic) bond motifs is 2. The highest BCUT2D eigenvalue weighted by molar-refractivity contribution is 5.27. The molecule has 0 radical (unpaired) electrons. The maximum atomic E-state index is 11.3. The van der Waals surface area contributed by atoms with E-state index in [4.69, 9.17) is 11.0 Å². The van der Waals surface area contributed by atoms with Crippen LogP contribution in [0.4, 0.5) is 0 Å². The molecule has 0 amide bonds.